The summed E-state index contributed by atoms with van der Waals surface area (Å²) in [6.45, 7) is 5.74. The molecule has 0 heterocycles. The zero-order chi connectivity index (χ0) is 25.0. The lowest BCUT2D eigenvalue weighted by atomic mass is 10.1. The molecule has 0 spiro atoms. The van der Waals surface area contributed by atoms with Crippen molar-refractivity contribution in [2.24, 2.45) is 0 Å². The number of hydrogen-bond donors (Lipinski definition) is 2. The lowest BCUT2D eigenvalue weighted by molar-refractivity contribution is 0.110. The van der Waals surface area contributed by atoms with Crippen LogP contribution in [0.2, 0.25) is 10.0 Å². The first kappa shape index (κ1) is 27.3. The number of phenolic OH excluding ortho intramolecular Hbond substituents is 1. The van der Waals surface area contributed by atoms with Crippen LogP contribution in [0.1, 0.15) is 29.7 Å². The average Bonchev–Trinajstić information content (AvgIpc) is 2.86. The van der Waals surface area contributed by atoms with Gasteiger partial charge in [-0.1, -0.05) is 53.5 Å². The van der Waals surface area contributed by atoms with Crippen molar-refractivity contribution in [2.75, 3.05) is 39.5 Å². The Morgan fingerprint density at radius 3 is 2.29 bits per heavy atom. The third-order valence-corrected chi connectivity index (χ3v) is 6.27. The second-order valence-corrected chi connectivity index (χ2v) is 9.19. The molecule has 1 unspecified atom stereocenters. The standard InChI is InChI=1S/C28H33Cl2NO4/c1-2-34-16-17-35-25-9-6-21(7-10-25)12-14-31(15-13-22-8-11-27(32)26(30)18-22)20-28(33)23-4-3-5-24(29)19-23/h3-11,18-19,28,32-33H,2,12-17,20H2,1H3. The number of nitrogens with zero attached hydrogens (tertiary/aromatic N) is 1. The van der Waals surface area contributed by atoms with E-state index in [1.165, 1.54) is 5.56 Å². The Labute approximate surface area is 217 Å². The highest BCUT2D eigenvalue weighted by Crippen LogP contribution is 2.24. The van der Waals surface area contributed by atoms with Gasteiger partial charge in [-0.2, -0.15) is 0 Å². The van der Waals surface area contributed by atoms with Gasteiger partial charge >= 0.3 is 0 Å². The molecule has 35 heavy (non-hydrogen) atoms. The summed E-state index contributed by atoms with van der Waals surface area (Å²) in [7, 11) is 0. The Morgan fingerprint density at radius 2 is 1.60 bits per heavy atom. The van der Waals surface area contributed by atoms with Gasteiger partial charge in [0.05, 0.1) is 17.7 Å². The van der Waals surface area contributed by atoms with Crippen LogP contribution < -0.4 is 4.74 Å². The minimum atomic E-state index is -0.654. The van der Waals surface area contributed by atoms with Gasteiger partial charge in [-0.3, -0.25) is 4.90 Å². The summed E-state index contributed by atoms with van der Waals surface area (Å²) in [5, 5.41) is 21.5. The predicted molar refractivity (Wildman–Crippen MR) is 142 cm³/mol. The van der Waals surface area contributed by atoms with Crippen molar-refractivity contribution in [3.8, 4) is 11.5 Å². The third kappa shape index (κ3) is 9.36. The van der Waals surface area contributed by atoms with Crippen molar-refractivity contribution in [2.45, 2.75) is 25.9 Å². The summed E-state index contributed by atoms with van der Waals surface area (Å²) in [5.41, 5.74) is 3.02. The first-order valence-electron chi connectivity index (χ1n) is 11.9. The molecule has 1 atom stereocenters. The van der Waals surface area contributed by atoms with Gasteiger partial charge in [0.15, 0.2) is 0 Å². The maximum absolute atomic E-state index is 10.9. The topological polar surface area (TPSA) is 62.2 Å². The monoisotopic (exact) mass is 517 g/mol. The van der Waals surface area contributed by atoms with Crippen LogP contribution in [0.3, 0.4) is 0 Å². The van der Waals surface area contributed by atoms with E-state index in [-0.39, 0.29) is 5.75 Å². The van der Waals surface area contributed by atoms with Crippen molar-refractivity contribution >= 4 is 23.2 Å². The van der Waals surface area contributed by atoms with E-state index in [4.69, 9.17) is 32.7 Å². The molecular formula is C28H33Cl2NO4. The minimum absolute atomic E-state index is 0.0777. The number of halogens is 2. The van der Waals surface area contributed by atoms with Gasteiger partial charge in [-0.15, -0.1) is 0 Å². The van der Waals surface area contributed by atoms with Gasteiger partial charge in [0.25, 0.3) is 0 Å². The molecular weight excluding hydrogens is 485 g/mol. The number of aliphatic hydroxyl groups excluding tert-OH is 1. The molecule has 0 aliphatic carbocycles. The van der Waals surface area contributed by atoms with E-state index in [1.807, 2.05) is 37.3 Å². The van der Waals surface area contributed by atoms with Crippen LogP contribution in [-0.2, 0) is 17.6 Å². The molecule has 2 N–H and O–H groups in total. The normalized spacial score (nSPS) is 12.1. The smallest absolute Gasteiger partial charge is 0.134 e. The average molecular weight is 518 g/mol. The van der Waals surface area contributed by atoms with Crippen molar-refractivity contribution in [1.82, 2.24) is 4.90 Å². The number of aliphatic hydroxyl groups is 1. The van der Waals surface area contributed by atoms with Crippen molar-refractivity contribution in [3.05, 3.63) is 93.5 Å². The highest BCUT2D eigenvalue weighted by Gasteiger charge is 2.15. The molecule has 0 saturated carbocycles. The molecule has 0 aliphatic rings. The number of ether oxygens (including phenoxy) is 2. The van der Waals surface area contributed by atoms with E-state index in [2.05, 4.69) is 17.0 Å². The fourth-order valence-corrected chi connectivity index (χ4v) is 4.16. The summed E-state index contributed by atoms with van der Waals surface area (Å²) in [6.07, 6.45) is 0.922. The maximum Gasteiger partial charge on any atom is 0.134 e. The summed E-state index contributed by atoms with van der Waals surface area (Å²) < 4.78 is 11.0. The Morgan fingerprint density at radius 1 is 0.886 bits per heavy atom. The highest BCUT2D eigenvalue weighted by atomic mass is 35.5. The van der Waals surface area contributed by atoms with Crippen molar-refractivity contribution in [3.63, 3.8) is 0 Å². The molecule has 0 radical (unpaired) electrons. The van der Waals surface area contributed by atoms with E-state index in [0.29, 0.717) is 36.4 Å². The maximum atomic E-state index is 10.9. The van der Waals surface area contributed by atoms with Gasteiger partial charge in [-0.25, -0.2) is 0 Å². The molecule has 0 bridgehead atoms. The van der Waals surface area contributed by atoms with Crippen LogP contribution in [0.15, 0.2) is 66.7 Å². The fourth-order valence-electron chi connectivity index (χ4n) is 3.75. The van der Waals surface area contributed by atoms with Crippen LogP contribution in [0.4, 0.5) is 0 Å². The quantitative estimate of drug-likeness (QED) is 0.259. The van der Waals surface area contributed by atoms with E-state index >= 15 is 0 Å². The highest BCUT2D eigenvalue weighted by molar-refractivity contribution is 6.32. The van der Waals surface area contributed by atoms with Crippen molar-refractivity contribution in [1.29, 1.82) is 0 Å². The Bertz CT molecular complexity index is 1050. The SMILES string of the molecule is CCOCCOc1ccc(CCN(CCc2ccc(O)c(Cl)c2)CC(O)c2cccc(Cl)c2)cc1. The second kappa shape index (κ2) is 14.3. The summed E-state index contributed by atoms with van der Waals surface area (Å²) in [6, 6.07) is 20.7. The zero-order valence-corrected chi connectivity index (χ0v) is 21.5. The number of benzene rings is 3. The van der Waals surface area contributed by atoms with Gasteiger partial charge < -0.3 is 19.7 Å². The number of phenols is 1. The molecule has 7 heteroatoms. The van der Waals surface area contributed by atoms with Crippen LogP contribution in [-0.4, -0.2) is 54.6 Å². The number of rotatable bonds is 14. The Kier molecular flexibility index (Phi) is 11.2. The molecule has 0 fully saturated rings. The molecule has 3 aromatic rings. The molecule has 0 saturated heterocycles. The Hall–Kier alpha value is -2.28. The second-order valence-electron chi connectivity index (χ2n) is 8.35. The van der Waals surface area contributed by atoms with Gasteiger partial charge in [0.1, 0.15) is 18.1 Å². The van der Waals surface area contributed by atoms with Crippen LogP contribution >= 0.6 is 23.2 Å². The lowest BCUT2D eigenvalue weighted by Gasteiger charge is -2.25. The largest absolute Gasteiger partial charge is 0.506 e. The molecule has 0 amide bonds. The van der Waals surface area contributed by atoms with Gasteiger partial charge in [0, 0.05) is 31.3 Å². The summed E-state index contributed by atoms with van der Waals surface area (Å²) in [4.78, 5) is 2.23. The lowest BCUT2D eigenvalue weighted by Crippen LogP contribution is -2.32. The number of hydrogen-bond acceptors (Lipinski definition) is 5. The molecule has 0 aliphatic heterocycles. The van der Waals surface area contributed by atoms with E-state index in [0.717, 1.165) is 42.8 Å². The molecule has 3 aromatic carbocycles. The van der Waals surface area contributed by atoms with E-state index in [9.17, 15) is 10.2 Å². The molecule has 3 rings (SSSR count). The van der Waals surface area contributed by atoms with Crippen molar-refractivity contribution < 1.29 is 19.7 Å². The van der Waals surface area contributed by atoms with E-state index < -0.39 is 6.10 Å². The Balaban J connectivity index is 1.61. The zero-order valence-electron chi connectivity index (χ0n) is 20.0. The van der Waals surface area contributed by atoms with Crippen LogP contribution in [0, 0.1) is 0 Å². The number of aromatic hydroxyl groups is 1. The summed E-state index contributed by atoms with van der Waals surface area (Å²) in [5.74, 6) is 0.903. The van der Waals surface area contributed by atoms with Crippen LogP contribution in [0.25, 0.3) is 0 Å². The molecule has 0 aromatic heterocycles. The minimum Gasteiger partial charge on any atom is -0.506 e. The third-order valence-electron chi connectivity index (χ3n) is 5.73. The van der Waals surface area contributed by atoms with Gasteiger partial charge in [-0.05, 0) is 72.9 Å². The van der Waals surface area contributed by atoms with Crippen LogP contribution in [0.5, 0.6) is 11.5 Å². The fraction of sp³-hybridized carbons (Fsp3) is 0.357. The first-order chi connectivity index (χ1) is 16.9. The first-order valence-corrected chi connectivity index (χ1v) is 12.6. The van der Waals surface area contributed by atoms with E-state index in [1.54, 1.807) is 24.3 Å². The predicted octanol–water partition coefficient (Wildman–Crippen LogP) is 5.94. The van der Waals surface area contributed by atoms with Gasteiger partial charge in [0.2, 0.25) is 0 Å². The summed E-state index contributed by atoms with van der Waals surface area (Å²) >= 11 is 12.2. The molecule has 188 valence electrons. The molecule has 5 nitrogen and oxygen atoms in total.